The molecule has 1 atom stereocenters. The molecule has 164 valence electrons. The Morgan fingerprint density at radius 1 is 1.23 bits per heavy atom. The lowest BCUT2D eigenvalue weighted by Crippen LogP contribution is -2.35. The number of thioether (sulfide) groups is 1. The van der Waals surface area contributed by atoms with E-state index in [1.807, 2.05) is 20.8 Å². The Labute approximate surface area is 189 Å². The zero-order chi connectivity index (χ0) is 22.4. The van der Waals surface area contributed by atoms with Gasteiger partial charge in [-0.05, 0) is 85.6 Å². The Kier molecular flexibility index (Phi) is 8.78. The Morgan fingerprint density at radius 3 is 2.53 bits per heavy atom. The van der Waals surface area contributed by atoms with Gasteiger partial charge in [0.15, 0.2) is 11.5 Å². The van der Waals surface area contributed by atoms with Gasteiger partial charge in [0.2, 0.25) is 0 Å². The number of benzene rings is 1. The van der Waals surface area contributed by atoms with E-state index < -0.39 is 23.7 Å². The molecule has 2 rings (SSSR count). The van der Waals surface area contributed by atoms with Crippen LogP contribution in [0.5, 0.6) is 11.5 Å². The smallest absolute Gasteiger partial charge is 0.326 e. The molecule has 1 aromatic rings. The number of carbonyl (C=O) groups is 3. The van der Waals surface area contributed by atoms with E-state index in [2.05, 4.69) is 15.9 Å². The van der Waals surface area contributed by atoms with Gasteiger partial charge in [0, 0.05) is 0 Å². The molecule has 0 aromatic heterocycles. The molecule has 1 aliphatic heterocycles. The lowest BCUT2D eigenvalue weighted by Gasteiger charge is -2.18. The second-order valence-electron chi connectivity index (χ2n) is 6.91. The number of ether oxygens (including phenoxy) is 3. The predicted octanol–water partition coefficient (Wildman–Crippen LogP) is 5.01. The van der Waals surface area contributed by atoms with Crippen molar-refractivity contribution >= 4 is 50.9 Å². The van der Waals surface area contributed by atoms with Gasteiger partial charge in [-0.15, -0.1) is 0 Å². The molecule has 30 heavy (non-hydrogen) atoms. The fourth-order valence-electron chi connectivity index (χ4n) is 2.55. The van der Waals surface area contributed by atoms with Crippen molar-refractivity contribution in [2.24, 2.45) is 0 Å². The van der Waals surface area contributed by atoms with E-state index in [0.29, 0.717) is 28.1 Å². The predicted molar refractivity (Wildman–Crippen MR) is 120 cm³/mol. The molecule has 0 radical (unpaired) electrons. The summed E-state index contributed by atoms with van der Waals surface area (Å²) in [7, 11) is 0. The molecule has 0 bridgehead atoms. The lowest BCUT2D eigenvalue weighted by molar-refractivity contribution is -0.149. The van der Waals surface area contributed by atoms with E-state index in [4.69, 9.17) is 14.2 Å². The minimum absolute atomic E-state index is 0.00782. The first-order valence-electron chi connectivity index (χ1n) is 9.74. The van der Waals surface area contributed by atoms with E-state index in [-0.39, 0.29) is 17.1 Å². The highest BCUT2D eigenvalue weighted by atomic mass is 79.9. The van der Waals surface area contributed by atoms with E-state index in [1.54, 1.807) is 32.1 Å². The first kappa shape index (κ1) is 24.3. The van der Waals surface area contributed by atoms with Crippen LogP contribution in [0, 0.1) is 0 Å². The Bertz CT molecular complexity index is 854. The summed E-state index contributed by atoms with van der Waals surface area (Å²) >= 11 is 4.29. The standard InChI is InChI=1S/C21H26BrNO6S/c1-6-13(5)29-19-15(22)8-14(9-16(19)27-7-2)10-17-20(25)23(21(26)30-17)11-18(24)28-12(3)4/h8-10,12-13H,6-7,11H2,1-5H3/b17-10+/t13-/m0/s1. The number of rotatable bonds is 9. The zero-order valence-electron chi connectivity index (χ0n) is 17.7. The van der Waals surface area contributed by atoms with Crippen molar-refractivity contribution in [2.75, 3.05) is 13.2 Å². The van der Waals surface area contributed by atoms with Crippen molar-refractivity contribution in [1.29, 1.82) is 0 Å². The summed E-state index contributed by atoms with van der Waals surface area (Å²) in [5.41, 5.74) is 0.664. The highest BCUT2D eigenvalue weighted by molar-refractivity contribution is 9.10. The molecule has 1 saturated heterocycles. The number of amides is 2. The zero-order valence-corrected chi connectivity index (χ0v) is 20.1. The van der Waals surface area contributed by atoms with Crippen molar-refractivity contribution in [3.63, 3.8) is 0 Å². The lowest BCUT2D eigenvalue weighted by atomic mass is 10.1. The first-order valence-corrected chi connectivity index (χ1v) is 11.3. The molecule has 1 heterocycles. The van der Waals surface area contributed by atoms with E-state index in [1.165, 1.54) is 0 Å². The largest absolute Gasteiger partial charge is 0.490 e. The average Bonchev–Trinajstić information content (AvgIpc) is 2.91. The van der Waals surface area contributed by atoms with Crippen LogP contribution in [0.25, 0.3) is 6.08 Å². The van der Waals surface area contributed by atoms with Crippen molar-refractivity contribution in [2.45, 2.75) is 53.2 Å². The highest BCUT2D eigenvalue weighted by Crippen LogP contribution is 2.40. The van der Waals surface area contributed by atoms with Gasteiger partial charge in [0.25, 0.3) is 11.1 Å². The Hall–Kier alpha value is -2.00. The van der Waals surface area contributed by atoms with Gasteiger partial charge in [0.05, 0.1) is 28.2 Å². The molecule has 0 unspecified atom stereocenters. The van der Waals surface area contributed by atoms with E-state index in [0.717, 1.165) is 23.1 Å². The molecule has 0 aliphatic carbocycles. The second-order valence-corrected chi connectivity index (χ2v) is 8.75. The van der Waals surface area contributed by atoms with Gasteiger partial charge in [-0.3, -0.25) is 19.3 Å². The summed E-state index contributed by atoms with van der Waals surface area (Å²) in [6, 6.07) is 3.55. The highest BCUT2D eigenvalue weighted by Gasteiger charge is 2.36. The maximum atomic E-state index is 12.6. The minimum Gasteiger partial charge on any atom is -0.490 e. The number of hydrogen-bond donors (Lipinski definition) is 0. The third-order valence-corrected chi connectivity index (χ3v) is 5.55. The van der Waals surface area contributed by atoms with Crippen LogP contribution in [-0.4, -0.2) is 47.4 Å². The molecular weight excluding hydrogens is 474 g/mol. The molecule has 2 amide bonds. The summed E-state index contributed by atoms with van der Waals surface area (Å²) in [6.45, 7) is 9.31. The summed E-state index contributed by atoms with van der Waals surface area (Å²) in [5, 5.41) is -0.507. The SMILES string of the molecule is CCOc1cc(/C=C2/SC(=O)N(CC(=O)OC(C)C)C2=O)cc(Br)c1O[C@@H](C)CC. The monoisotopic (exact) mass is 499 g/mol. The van der Waals surface area contributed by atoms with Crippen LogP contribution < -0.4 is 9.47 Å². The Morgan fingerprint density at radius 2 is 1.93 bits per heavy atom. The van der Waals surface area contributed by atoms with Crippen molar-refractivity contribution in [3.05, 3.63) is 27.1 Å². The van der Waals surface area contributed by atoms with Crippen molar-refractivity contribution < 1.29 is 28.6 Å². The maximum absolute atomic E-state index is 12.6. The van der Waals surface area contributed by atoms with Gasteiger partial charge in [-0.1, -0.05) is 6.92 Å². The van der Waals surface area contributed by atoms with Gasteiger partial charge in [-0.25, -0.2) is 0 Å². The second kappa shape index (κ2) is 10.9. The number of halogens is 1. The van der Waals surface area contributed by atoms with Crippen LogP contribution in [0.3, 0.4) is 0 Å². The van der Waals surface area contributed by atoms with Crippen LogP contribution >= 0.6 is 27.7 Å². The molecular formula is C21H26BrNO6S. The van der Waals surface area contributed by atoms with Gasteiger partial charge >= 0.3 is 5.97 Å². The van der Waals surface area contributed by atoms with Crippen LogP contribution in [-0.2, 0) is 14.3 Å². The number of nitrogens with zero attached hydrogens (tertiary/aromatic N) is 1. The maximum Gasteiger partial charge on any atom is 0.326 e. The molecule has 1 aliphatic rings. The fourth-order valence-corrected chi connectivity index (χ4v) is 3.94. The van der Waals surface area contributed by atoms with Crippen LogP contribution in [0.15, 0.2) is 21.5 Å². The van der Waals surface area contributed by atoms with E-state index >= 15 is 0 Å². The van der Waals surface area contributed by atoms with Gasteiger partial charge in [-0.2, -0.15) is 0 Å². The molecule has 0 spiro atoms. The number of hydrogen-bond acceptors (Lipinski definition) is 7. The topological polar surface area (TPSA) is 82.1 Å². The molecule has 0 N–H and O–H groups in total. The molecule has 7 nitrogen and oxygen atoms in total. The van der Waals surface area contributed by atoms with Crippen LogP contribution in [0.1, 0.15) is 46.6 Å². The summed E-state index contributed by atoms with van der Waals surface area (Å²) in [6.07, 6.45) is 2.12. The Balaban J connectivity index is 2.28. The third-order valence-electron chi connectivity index (χ3n) is 4.05. The molecule has 9 heteroatoms. The first-order chi connectivity index (χ1) is 14.2. The van der Waals surface area contributed by atoms with Crippen molar-refractivity contribution in [1.82, 2.24) is 4.90 Å². The normalized spacial score (nSPS) is 16.4. The third kappa shape index (κ3) is 6.25. The molecule has 0 saturated carbocycles. The summed E-state index contributed by atoms with van der Waals surface area (Å²) in [5.74, 6) is -0.0211. The minimum atomic E-state index is -0.624. The number of carbonyl (C=O) groups excluding carboxylic acids is 3. The summed E-state index contributed by atoms with van der Waals surface area (Å²) < 4.78 is 17.4. The fraction of sp³-hybridized carbons (Fsp3) is 0.476. The summed E-state index contributed by atoms with van der Waals surface area (Å²) in [4.78, 5) is 37.8. The number of imide groups is 1. The van der Waals surface area contributed by atoms with Gasteiger partial charge < -0.3 is 14.2 Å². The van der Waals surface area contributed by atoms with Crippen molar-refractivity contribution in [3.8, 4) is 11.5 Å². The quantitative estimate of drug-likeness (QED) is 0.348. The van der Waals surface area contributed by atoms with Crippen LogP contribution in [0.2, 0.25) is 0 Å². The number of esters is 1. The average molecular weight is 500 g/mol. The van der Waals surface area contributed by atoms with Crippen LogP contribution in [0.4, 0.5) is 4.79 Å². The molecule has 1 fully saturated rings. The van der Waals surface area contributed by atoms with E-state index in [9.17, 15) is 14.4 Å². The molecule has 1 aromatic carbocycles. The van der Waals surface area contributed by atoms with Gasteiger partial charge in [0.1, 0.15) is 6.54 Å².